The van der Waals surface area contributed by atoms with Gasteiger partial charge in [-0.25, -0.2) is 0 Å². The molecular weight excluding hydrogens is 166 g/mol. The van der Waals surface area contributed by atoms with Gasteiger partial charge >= 0.3 is 0 Å². The second kappa shape index (κ2) is 5.97. The van der Waals surface area contributed by atoms with Crippen LogP contribution in [0.2, 0.25) is 0 Å². The number of hydrogen-bond donors (Lipinski definition) is 1. The smallest absolute Gasteiger partial charge is 0.246 e. The van der Waals surface area contributed by atoms with Crippen molar-refractivity contribution >= 4 is 5.91 Å². The monoisotopic (exact) mass is 185 g/mol. The van der Waals surface area contributed by atoms with E-state index in [0.29, 0.717) is 12.6 Å². The zero-order valence-electron chi connectivity index (χ0n) is 8.34. The summed E-state index contributed by atoms with van der Waals surface area (Å²) in [5.74, 6) is 0.0420. The van der Waals surface area contributed by atoms with E-state index in [0.717, 1.165) is 19.3 Å². The normalized spacial score (nSPS) is 17.6. The molecular formula is C10H19NO2. The minimum atomic E-state index is 0.0420. The molecule has 1 saturated carbocycles. The Morgan fingerprint density at radius 2 is 2.15 bits per heavy atom. The summed E-state index contributed by atoms with van der Waals surface area (Å²) < 4.78 is 5.14. The van der Waals surface area contributed by atoms with Gasteiger partial charge in [0.15, 0.2) is 0 Å². The molecule has 1 amide bonds. The Hall–Kier alpha value is -0.570. The highest BCUT2D eigenvalue weighted by Crippen LogP contribution is 2.17. The number of hydrogen-bond acceptors (Lipinski definition) is 2. The van der Waals surface area contributed by atoms with Crippen molar-refractivity contribution in [1.29, 1.82) is 0 Å². The summed E-state index contributed by atoms with van der Waals surface area (Å²) in [6.07, 6.45) is 5.75. The van der Waals surface area contributed by atoms with Crippen LogP contribution < -0.4 is 5.32 Å². The molecule has 0 unspecified atom stereocenters. The summed E-state index contributed by atoms with van der Waals surface area (Å²) in [4.78, 5) is 11.2. The molecule has 3 heteroatoms. The highest BCUT2D eigenvalue weighted by Gasteiger charge is 2.16. The van der Waals surface area contributed by atoms with Gasteiger partial charge in [0.25, 0.3) is 0 Å². The molecule has 1 aliphatic carbocycles. The first kappa shape index (κ1) is 10.5. The van der Waals surface area contributed by atoms with Crippen molar-refractivity contribution in [1.82, 2.24) is 5.32 Å². The van der Waals surface area contributed by atoms with E-state index in [4.69, 9.17) is 4.74 Å². The fourth-order valence-corrected chi connectivity index (χ4v) is 1.65. The van der Waals surface area contributed by atoms with E-state index < -0.39 is 0 Å². The Balaban J connectivity index is 2.02. The lowest BCUT2D eigenvalue weighted by Gasteiger charge is -2.11. The van der Waals surface area contributed by atoms with Crippen LogP contribution in [0.3, 0.4) is 0 Å². The van der Waals surface area contributed by atoms with Gasteiger partial charge in [0, 0.05) is 12.6 Å². The molecule has 0 aromatic carbocycles. The van der Waals surface area contributed by atoms with Crippen LogP contribution in [0.5, 0.6) is 0 Å². The van der Waals surface area contributed by atoms with Crippen molar-refractivity contribution in [2.24, 2.45) is 0 Å². The molecule has 1 aliphatic rings. The van der Waals surface area contributed by atoms with E-state index in [1.807, 2.05) is 6.92 Å². The number of nitrogens with one attached hydrogen (secondary N) is 1. The SMILES string of the molecule is CCCOCC(=O)NC1CCCC1. The quantitative estimate of drug-likeness (QED) is 0.659. The maximum absolute atomic E-state index is 11.2. The zero-order valence-corrected chi connectivity index (χ0v) is 8.34. The largest absolute Gasteiger partial charge is 0.372 e. The maximum atomic E-state index is 11.2. The van der Waals surface area contributed by atoms with Gasteiger partial charge in [-0.05, 0) is 19.3 Å². The third-order valence-corrected chi connectivity index (χ3v) is 2.30. The number of carbonyl (C=O) groups excluding carboxylic acids is 1. The van der Waals surface area contributed by atoms with Crippen molar-refractivity contribution in [3.05, 3.63) is 0 Å². The summed E-state index contributed by atoms with van der Waals surface area (Å²) >= 11 is 0. The molecule has 0 aromatic heterocycles. The highest BCUT2D eigenvalue weighted by atomic mass is 16.5. The van der Waals surface area contributed by atoms with Crippen molar-refractivity contribution in [3.63, 3.8) is 0 Å². The van der Waals surface area contributed by atoms with Crippen LogP contribution in [0.1, 0.15) is 39.0 Å². The number of carbonyl (C=O) groups is 1. The Morgan fingerprint density at radius 1 is 1.46 bits per heavy atom. The molecule has 0 bridgehead atoms. The number of amides is 1. The third-order valence-electron chi connectivity index (χ3n) is 2.30. The average Bonchev–Trinajstić information content (AvgIpc) is 2.57. The Labute approximate surface area is 79.8 Å². The fraction of sp³-hybridized carbons (Fsp3) is 0.900. The van der Waals surface area contributed by atoms with Gasteiger partial charge in [-0.15, -0.1) is 0 Å². The van der Waals surface area contributed by atoms with Crippen molar-refractivity contribution < 1.29 is 9.53 Å². The predicted molar refractivity (Wildman–Crippen MR) is 51.5 cm³/mol. The van der Waals surface area contributed by atoms with Crippen molar-refractivity contribution in [2.45, 2.75) is 45.1 Å². The molecule has 0 saturated heterocycles. The van der Waals surface area contributed by atoms with E-state index in [-0.39, 0.29) is 12.5 Å². The van der Waals surface area contributed by atoms with Crippen LogP contribution in [-0.4, -0.2) is 25.2 Å². The standard InChI is InChI=1S/C10H19NO2/c1-2-7-13-8-10(12)11-9-5-3-4-6-9/h9H,2-8H2,1H3,(H,11,12). The predicted octanol–water partition coefficient (Wildman–Crippen LogP) is 1.47. The second-order valence-corrected chi connectivity index (χ2v) is 3.60. The van der Waals surface area contributed by atoms with Gasteiger partial charge in [-0.3, -0.25) is 4.79 Å². The summed E-state index contributed by atoms with van der Waals surface area (Å²) in [5, 5.41) is 2.97. The fourth-order valence-electron chi connectivity index (χ4n) is 1.65. The van der Waals surface area contributed by atoms with Gasteiger partial charge in [0.05, 0.1) is 0 Å². The molecule has 76 valence electrons. The van der Waals surface area contributed by atoms with Gasteiger partial charge in [0.1, 0.15) is 6.61 Å². The molecule has 0 aliphatic heterocycles. The summed E-state index contributed by atoms with van der Waals surface area (Å²) in [7, 11) is 0. The molecule has 0 spiro atoms. The lowest BCUT2D eigenvalue weighted by Crippen LogP contribution is -2.35. The second-order valence-electron chi connectivity index (χ2n) is 3.60. The van der Waals surface area contributed by atoms with Crippen LogP contribution in [0.25, 0.3) is 0 Å². The molecule has 1 rings (SSSR count). The maximum Gasteiger partial charge on any atom is 0.246 e. The lowest BCUT2D eigenvalue weighted by molar-refractivity contribution is -0.126. The zero-order chi connectivity index (χ0) is 9.52. The van der Waals surface area contributed by atoms with E-state index in [1.165, 1.54) is 12.8 Å². The summed E-state index contributed by atoms with van der Waals surface area (Å²) in [6.45, 7) is 2.94. The molecule has 0 atom stereocenters. The molecule has 1 N–H and O–H groups in total. The van der Waals surface area contributed by atoms with E-state index >= 15 is 0 Å². The first-order valence-corrected chi connectivity index (χ1v) is 5.20. The van der Waals surface area contributed by atoms with Crippen LogP contribution in [-0.2, 0) is 9.53 Å². The molecule has 13 heavy (non-hydrogen) atoms. The van der Waals surface area contributed by atoms with Crippen molar-refractivity contribution in [2.75, 3.05) is 13.2 Å². The van der Waals surface area contributed by atoms with Gasteiger partial charge in [0.2, 0.25) is 5.91 Å². The van der Waals surface area contributed by atoms with Crippen LogP contribution in [0.15, 0.2) is 0 Å². The molecule has 0 aromatic rings. The lowest BCUT2D eigenvalue weighted by atomic mass is 10.2. The highest BCUT2D eigenvalue weighted by molar-refractivity contribution is 5.77. The summed E-state index contributed by atoms with van der Waals surface area (Å²) in [6, 6.07) is 0.415. The van der Waals surface area contributed by atoms with Gasteiger partial charge in [-0.1, -0.05) is 19.8 Å². The minimum absolute atomic E-state index is 0.0420. The first-order chi connectivity index (χ1) is 6.33. The number of rotatable bonds is 5. The number of ether oxygens (including phenoxy) is 1. The molecule has 3 nitrogen and oxygen atoms in total. The van der Waals surface area contributed by atoms with Crippen LogP contribution in [0.4, 0.5) is 0 Å². The van der Waals surface area contributed by atoms with E-state index in [9.17, 15) is 4.79 Å². The van der Waals surface area contributed by atoms with Crippen LogP contribution in [0, 0.1) is 0 Å². The Morgan fingerprint density at radius 3 is 2.77 bits per heavy atom. The van der Waals surface area contributed by atoms with Gasteiger partial charge in [-0.2, -0.15) is 0 Å². The Bertz CT molecular complexity index is 153. The van der Waals surface area contributed by atoms with Crippen molar-refractivity contribution in [3.8, 4) is 0 Å². The van der Waals surface area contributed by atoms with Crippen LogP contribution >= 0.6 is 0 Å². The minimum Gasteiger partial charge on any atom is -0.372 e. The Kier molecular flexibility index (Phi) is 4.83. The topological polar surface area (TPSA) is 38.3 Å². The van der Waals surface area contributed by atoms with Gasteiger partial charge < -0.3 is 10.1 Å². The average molecular weight is 185 g/mol. The summed E-state index contributed by atoms with van der Waals surface area (Å²) in [5.41, 5.74) is 0. The first-order valence-electron chi connectivity index (χ1n) is 5.20. The molecule has 0 heterocycles. The molecule has 0 radical (unpaired) electrons. The third kappa shape index (κ3) is 4.27. The molecule has 1 fully saturated rings. The van der Waals surface area contributed by atoms with E-state index in [1.54, 1.807) is 0 Å². The van der Waals surface area contributed by atoms with E-state index in [2.05, 4.69) is 5.32 Å².